The van der Waals surface area contributed by atoms with Crippen LogP contribution in [0, 0.1) is 6.92 Å². The van der Waals surface area contributed by atoms with Crippen molar-refractivity contribution in [3.05, 3.63) is 45.7 Å². The molecule has 0 aliphatic carbocycles. The first-order valence-electron chi connectivity index (χ1n) is 6.04. The Kier molecular flexibility index (Phi) is 4.59. The third kappa shape index (κ3) is 3.59. The fourth-order valence-electron chi connectivity index (χ4n) is 1.61. The molecule has 3 N–H and O–H groups in total. The van der Waals surface area contributed by atoms with Gasteiger partial charge in [0.1, 0.15) is 5.69 Å². The molecule has 0 saturated carbocycles. The average Bonchev–Trinajstić information content (AvgIpc) is 2.87. The Bertz CT molecular complexity index is 567. The van der Waals surface area contributed by atoms with Crippen LogP contribution < -0.4 is 11.1 Å². The number of thiazole rings is 1. The maximum Gasteiger partial charge on any atom is 0.271 e. The van der Waals surface area contributed by atoms with Gasteiger partial charge in [0, 0.05) is 18.0 Å². The van der Waals surface area contributed by atoms with E-state index >= 15 is 0 Å². The number of nitrogens with one attached hydrogen (secondary N) is 1. The van der Waals surface area contributed by atoms with Crippen LogP contribution in [0.4, 0.5) is 0 Å². The van der Waals surface area contributed by atoms with E-state index in [-0.39, 0.29) is 5.91 Å². The van der Waals surface area contributed by atoms with Gasteiger partial charge in [0.2, 0.25) is 0 Å². The molecule has 1 amide bonds. The van der Waals surface area contributed by atoms with Crippen LogP contribution >= 0.6 is 11.3 Å². The molecule has 0 aromatic carbocycles. The molecule has 2 aromatic heterocycles. The topological polar surface area (TPSA) is 80.9 Å². The van der Waals surface area contributed by atoms with E-state index in [0.717, 1.165) is 16.3 Å². The summed E-state index contributed by atoms with van der Waals surface area (Å²) in [6.07, 6.45) is 2.42. The number of hydrogen-bond donors (Lipinski definition) is 2. The van der Waals surface area contributed by atoms with Crippen LogP contribution in [0.25, 0.3) is 0 Å². The third-order valence-electron chi connectivity index (χ3n) is 2.68. The Balaban J connectivity index is 1.95. The van der Waals surface area contributed by atoms with Gasteiger partial charge in [-0.2, -0.15) is 0 Å². The van der Waals surface area contributed by atoms with Crippen molar-refractivity contribution in [3.63, 3.8) is 0 Å². The first kappa shape index (κ1) is 13.6. The number of nitrogens with zero attached hydrogens (tertiary/aromatic N) is 2. The number of carbonyl (C=O) groups is 1. The van der Waals surface area contributed by atoms with Gasteiger partial charge in [0.25, 0.3) is 5.91 Å². The Morgan fingerprint density at radius 3 is 3.11 bits per heavy atom. The number of carbonyl (C=O) groups excluding carboxylic acids is 1. The molecule has 0 aliphatic heterocycles. The largest absolute Gasteiger partial charge is 0.345 e. The number of hydrogen-bond acceptors (Lipinski definition) is 5. The summed E-state index contributed by atoms with van der Waals surface area (Å²) in [5.74, 6) is -0.176. The van der Waals surface area contributed by atoms with Gasteiger partial charge in [-0.15, -0.1) is 11.3 Å². The molecule has 0 radical (unpaired) electrons. The highest BCUT2D eigenvalue weighted by molar-refractivity contribution is 7.09. The highest BCUT2D eigenvalue weighted by atomic mass is 32.1. The van der Waals surface area contributed by atoms with E-state index in [2.05, 4.69) is 15.3 Å². The molecule has 0 fully saturated rings. The summed E-state index contributed by atoms with van der Waals surface area (Å²) in [6.45, 7) is 2.92. The number of nitrogens with two attached hydrogens (primary N) is 1. The van der Waals surface area contributed by atoms with Crippen molar-refractivity contribution in [2.75, 3.05) is 6.54 Å². The normalized spacial score (nSPS) is 10.4. The van der Waals surface area contributed by atoms with Crippen LogP contribution in [0.3, 0.4) is 0 Å². The van der Waals surface area contributed by atoms with Crippen LogP contribution in [0.5, 0.6) is 0 Å². The zero-order chi connectivity index (χ0) is 13.7. The minimum atomic E-state index is -0.176. The summed E-state index contributed by atoms with van der Waals surface area (Å²) in [5.41, 5.74) is 7.83. The minimum absolute atomic E-state index is 0.176. The molecule has 0 spiro atoms. The van der Waals surface area contributed by atoms with Crippen molar-refractivity contribution in [2.24, 2.45) is 5.73 Å². The second kappa shape index (κ2) is 6.40. The predicted molar refractivity (Wildman–Crippen MR) is 75.0 cm³/mol. The molecule has 0 aliphatic rings. The van der Waals surface area contributed by atoms with Gasteiger partial charge in [0.15, 0.2) is 0 Å². The van der Waals surface area contributed by atoms with Crippen molar-refractivity contribution in [1.29, 1.82) is 0 Å². The molecule has 6 heteroatoms. The van der Waals surface area contributed by atoms with Gasteiger partial charge in [-0.25, -0.2) is 4.98 Å². The van der Waals surface area contributed by atoms with Gasteiger partial charge in [-0.05, 0) is 25.1 Å². The Hall–Kier alpha value is -1.79. The van der Waals surface area contributed by atoms with Crippen molar-refractivity contribution in [2.45, 2.75) is 19.9 Å². The van der Waals surface area contributed by atoms with Crippen molar-refractivity contribution >= 4 is 17.2 Å². The highest BCUT2D eigenvalue weighted by Crippen LogP contribution is 2.10. The SMILES string of the molecule is Cc1cccnc1CNC(=O)c1csc(CCN)n1. The summed E-state index contributed by atoms with van der Waals surface area (Å²) >= 11 is 1.46. The molecular weight excluding hydrogens is 260 g/mol. The molecule has 2 rings (SSSR count). The zero-order valence-corrected chi connectivity index (χ0v) is 11.5. The monoisotopic (exact) mass is 276 g/mol. The predicted octanol–water partition coefficient (Wildman–Crippen LogP) is 1.28. The second-order valence-corrected chi connectivity index (χ2v) is 5.06. The fourth-order valence-corrected chi connectivity index (χ4v) is 2.41. The van der Waals surface area contributed by atoms with E-state index in [1.54, 1.807) is 11.6 Å². The van der Waals surface area contributed by atoms with Crippen LogP contribution in [0.2, 0.25) is 0 Å². The Morgan fingerprint density at radius 2 is 2.37 bits per heavy atom. The number of amides is 1. The second-order valence-electron chi connectivity index (χ2n) is 4.11. The molecule has 2 heterocycles. The highest BCUT2D eigenvalue weighted by Gasteiger charge is 2.10. The average molecular weight is 276 g/mol. The standard InChI is InChI=1S/C13H16N4OS/c1-9-3-2-6-15-10(9)7-16-13(18)11-8-19-12(17-11)4-5-14/h2-3,6,8H,4-5,7,14H2,1H3,(H,16,18). The maximum absolute atomic E-state index is 11.9. The lowest BCUT2D eigenvalue weighted by Crippen LogP contribution is -2.24. The van der Waals surface area contributed by atoms with Crippen molar-refractivity contribution in [3.8, 4) is 0 Å². The third-order valence-corrected chi connectivity index (χ3v) is 3.59. The van der Waals surface area contributed by atoms with Gasteiger partial charge >= 0.3 is 0 Å². The Labute approximate surface area is 115 Å². The number of aromatic nitrogens is 2. The minimum Gasteiger partial charge on any atom is -0.345 e. The van der Waals surface area contributed by atoms with Gasteiger partial charge < -0.3 is 11.1 Å². The van der Waals surface area contributed by atoms with Gasteiger partial charge in [0.05, 0.1) is 17.2 Å². The van der Waals surface area contributed by atoms with Crippen LogP contribution in [0.1, 0.15) is 26.8 Å². The molecule has 0 saturated heterocycles. The van der Waals surface area contributed by atoms with Crippen LogP contribution in [0.15, 0.2) is 23.7 Å². The maximum atomic E-state index is 11.9. The lowest BCUT2D eigenvalue weighted by molar-refractivity contribution is 0.0946. The fraction of sp³-hybridized carbons (Fsp3) is 0.308. The molecule has 2 aromatic rings. The van der Waals surface area contributed by atoms with Gasteiger partial charge in [-0.1, -0.05) is 6.07 Å². The van der Waals surface area contributed by atoms with Gasteiger partial charge in [-0.3, -0.25) is 9.78 Å². The summed E-state index contributed by atoms with van der Waals surface area (Å²) in [7, 11) is 0. The van der Waals surface area contributed by atoms with E-state index in [1.807, 2.05) is 19.1 Å². The molecule has 19 heavy (non-hydrogen) atoms. The van der Waals surface area contributed by atoms with Crippen molar-refractivity contribution in [1.82, 2.24) is 15.3 Å². The van der Waals surface area contributed by atoms with E-state index in [4.69, 9.17) is 5.73 Å². The van der Waals surface area contributed by atoms with Crippen LogP contribution in [-0.2, 0) is 13.0 Å². The summed E-state index contributed by atoms with van der Waals surface area (Å²) in [4.78, 5) is 20.4. The van der Waals surface area contributed by atoms with E-state index in [0.29, 0.717) is 25.2 Å². The zero-order valence-electron chi connectivity index (χ0n) is 10.7. The summed E-state index contributed by atoms with van der Waals surface area (Å²) < 4.78 is 0. The van der Waals surface area contributed by atoms with E-state index in [1.165, 1.54) is 11.3 Å². The quantitative estimate of drug-likeness (QED) is 0.862. The van der Waals surface area contributed by atoms with Crippen LogP contribution in [-0.4, -0.2) is 22.4 Å². The molecular formula is C13H16N4OS. The molecule has 100 valence electrons. The molecule has 0 atom stereocenters. The smallest absolute Gasteiger partial charge is 0.271 e. The molecule has 5 nitrogen and oxygen atoms in total. The lowest BCUT2D eigenvalue weighted by Gasteiger charge is -2.05. The summed E-state index contributed by atoms with van der Waals surface area (Å²) in [5, 5.41) is 5.47. The first-order valence-corrected chi connectivity index (χ1v) is 6.92. The number of aryl methyl sites for hydroxylation is 1. The van der Waals surface area contributed by atoms with E-state index < -0.39 is 0 Å². The Morgan fingerprint density at radius 1 is 1.53 bits per heavy atom. The summed E-state index contributed by atoms with van der Waals surface area (Å²) in [6, 6.07) is 3.84. The lowest BCUT2D eigenvalue weighted by atomic mass is 10.2. The van der Waals surface area contributed by atoms with Crippen molar-refractivity contribution < 1.29 is 4.79 Å². The number of pyridine rings is 1. The first-order chi connectivity index (χ1) is 9.20. The molecule has 0 unspecified atom stereocenters. The van der Waals surface area contributed by atoms with E-state index in [9.17, 15) is 4.79 Å². The number of rotatable bonds is 5. The molecule has 0 bridgehead atoms.